The highest BCUT2D eigenvalue weighted by atomic mass is 16.6. The van der Waals surface area contributed by atoms with Crippen molar-refractivity contribution in [2.75, 3.05) is 32.7 Å². The lowest BCUT2D eigenvalue weighted by atomic mass is 9.94. The molecule has 0 aromatic heterocycles. The zero-order chi connectivity index (χ0) is 22.5. The fourth-order valence-electron chi connectivity index (χ4n) is 4.69. The summed E-state index contributed by atoms with van der Waals surface area (Å²) in [6.45, 7) is 8.81. The predicted octanol–water partition coefficient (Wildman–Crippen LogP) is 2.99. The Bertz CT molecular complexity index is 812. The molecule has 1 saturated carbocycles. The highest BCUT2D eigenvalue weighted by Gasteiger charge is 2.37. The summed E-state index contributed by atoms with van der Waals surface area (Å²) < 4.78 is 0. The molecule has 3 rings (SSSR count). The zero-order valence-corrected chi connectivity index (χ0v) is 18.8. The second kappa shape index (κ2) is 10.2. The van der Waals surface area contributed by atoms with Crippen LogP contribution in [0.4, 0.5) is 5.69 Å². The van der Waals surface area contributed by atoms with Crippen LogP contribution < -0.4 is 5.32 Å². The van der Waals surface area contributed by atoms with Gasteiger partial charge in [-0.15, -0.1) is 0 Å². The average Bonchev–Trinajstić information content (AvgIpc) is 3.27. The highest BCUT2D eigenvalue weighted by Crippen LogP contribution is 2.31. The molecule has 31 heavy (non-hydrogen) atoms. The van der Waals surface area contributed by atoms with Crippen molar-refractivity contribution < 1.29 is 14.5 Å². The van der Waals surface area contributed by atoms with Crippen molar-refractivity contribution in [2.45, 2.75) is 52.5 Å². The van der Waals surface area contributed by atoms with Gasteiger partial charge in [0.1, 0.15) is 0 Å². The Kier molecular flexibility index (Phi) is 7.64. The third kappa shape index (κ3) is 5.61. The SMILES string of the molecule is Cc1ccc(C(=O)N2CCN([C@H](C(=O)NCC(C)C)C3CCCC3)CC2)cc1[N+](=O)[O-]. The van der Waals surface area contributed by atoms with E-state index in [0.29, 0.717) is 55.7 Å². The van der Waals surface area contributed by atoms with Crippen molar-refractivity contribution in [3.05, 3.63) is 39.4 Å². The minimum absolute atomic E-state index is 0.0346. The molecule has 170 valence electrons. The lowest BCUT2D eigenvalue weighted by Gasteiger charge is -2.40. The lowest BCUT2D eigenvalue weighted by Crippen LogP contribution is -2.58. The molecule has 1 aromatic carbocycles. The van der Waals surface area contributed by atoms with Gasteiger partial charge >= 0.3 is 0 Å². The Labute approximate surface area is 184 Å². The van der Waals surface area contributed by atoms with Gasteiger partial charge in [0.25, 0.3) is 11.6 Å². The Hall–Kier alpha value is -2.48. The molecule has 1 saturated heterocycles. The maximum atomic E-state index is 13.0. The van der Waals surface area contributed by atoms with E-state index >= 15 is 0 Å². The lowest BCUT2D eigenvalue weighted by molar-refractivity contribution is -0.385. The number of hydrogen-bond donors (Lipinski definition) is 1. The van der Waals surface area contributed by atoms with E-state index in [2.05, 4.69) is 24.1 Å². The predicted molar refractivity (Wildman–Crippen MR) is 119 cm³/mol. The first-order valence-corrected chi connectivity index (χ1v) is 11.3. The first kappa shape index (κ1) is 23.2. The number of hydrogen-bond acceptors (Lipinski definition) is 5. The van der Waals surface area contributed by atoms with E-state index in [-0.39, 0.29) is 23.5 Å². The van der Waals surface area contributed by atoms with Gasteiger partial charge in [-0.3, -0.25) is 24.6 Å². The molecule has 0 radical (unpaired) electrons. The normalized spacial score (nSPS) is 18.9. The summed E-state index contributed by atoms with van der Waals surface area (Å²) in [5, 5.41) is 14.3. The van der Waals surface area contributed by atoms with Crippen LogP contribution in [0, 0.1) is 28.9 Å². The van der Waals surface area contributed by atoms with E-state index in [1.54, 1.807) is 24.0 Å². The summed E-state index contributed by atoms with van der Waals surface area (Å²) >= 11 is 0. The van der Waals surface area contributed by atoms with Crippen molar-refractivity contribution in [2.24, 2.45) is 11.8 Å². The summed E-state index contributed by atoms with van der Waals surface area (Å²) in [6.07, 6.45) is 4.49. The smallest absolute Gasteiger partial charge is 0.273 e. The fourth-order valence-corrected chi connectivity index (χ4v) is 4.69. The number of aryl methyl sites for hydroxylation is 1. The van der Waals surface area contributed by atoms with Gasteiger partial charge in [0.2, 0.25) is 5.91 Å². The highest BCUT2D eigenvalue weighted by molar-refractivity contribution is 5.95. The van der Waals surface area contributed by atoms with Crippen LogP contribution in [0.2, 0.25) is 0 Å². The van der Waals surface area contributed by atoms with Crippen molar-refractivity contribution >= 4 is 17.5 Å². The first-order chi connectivity index (χ1) is 14.8. The molecule has 1 atom stereocenters. The molecular weight excluding hydrogens is 396 g/mol. The molecule has 0 spiro atoms. The van der Waals surface area contributed by atoms with Gasteiger partial charge < -0.3 is 10.2 Å². The number of nitrogens with zero attached hydrogens (tertiary/aromatic N) is 3. The van der Waals surface area contributed by atoms with Gasteiger partial charge in [0.15, 0.2) is 0 Å². The first-order valence-electron chi connectivity index (χ1n) is 11.3. The number of carbonyl (C=O) groups is 2. The van der Waals surface area contributed by atoms with Crippen molar-refractivity contribution in [1.29, 1.82) is 0 Å². The molecule has 2 aliphatic rings. The molecule has 1 heterocycles. The van der Waals surface area contributed by atoms with E-state index < -0.39 is 4.92 Å². The van der Waals surface area contributed by atoms with Crippen molar-refractivity contribution in [3.63, 3.8) is 0 Å². The van der Waals surface area contributed by atoms with E-state index in [1.807, 2.05) is 0 Å². The van der Waals surface area contributed by atoms with Crippen LogP contribution in [0.1, 0.15) is 55.5 Å². The Morgan fingerprint density at radius 3 is 2.39 bits per heavy atom. The van der Waals surface area contributed by atoms with E-state index in [9.17, 15) is 19.7 Å². The Morgan fingerprint density at radius 1 is 1.16 bits per heavy atom. The van der Waals surface area contributed by atoms with Crippen LogP contribution in [0.25, 0.3) is 0 Å². The van der Waals surface area contributed by atoms with E-state index in [0.717, 1.165) is 12.8 Å². The number of nitrogens with one attached hydrogen (secondary N) is 1. The molecule has 1 aliphatic carbocycles. The zero-order valence-electron chi connectivity index (χ0n) is 18.8. The monoisotopic (exact) mass is 430 g/mol. The number of rotatable bonds is 7. The summed E-state index contributed by atoms with van der Waals surface area (Å²) in [6, 6.07) is 4.50. The molecular formula is C23H34N4O4. The topological polar surface area (TPSA) is 95.8 Å². The number of carbonyl (C=O) groups excluding carboxylic acids is 2. The molecule has 1 N–H and O–H groups in total. The van der Waals surface area contributed by atoms with E-state index in [1.165, 1.54) is 18.9 Å². The number of piperazine rings is 1. The minimum Gasteiger partial charge on any atom is -0.354 e. The molecule has 1 aliphatic heterocycles. The summed E-state index contributed by atoms with van der Waals surface area (Å²) in [5.41, 5.74) is 0.846. The Morgan fingerprint density at radius 2 is 1.81 bits per heavy atom. The van der Waals surface area contributed by atoms with Crippen molar-refractivity contribution in [1.82, 2.24) is 15.1 Å². The molecule has 8 heteroatoms. The molecule has 2 fully saturated rings. The van der Waals surface area contributed by atoms with Gasteiger partial charge in [0.05, 0.1) is 11.0 Å². The number of nitro benzene ring substituents is 1. The second-order valence-corrected chi connectivity index (χ2v) is 9.21. The average molecular weight is 431 g/mol. The summed E-state index contributed by atoms with van der Waals surface area (Å²) in [7, 11) is 0. The van der Waals surface area contributed by atoms with Gasteiger partial charge in [-0.1, -0.05) is 32.8 Å². The van der Waals surface area contributed by atoms with Crippen LogP contribution in [-0.4, -0.2) is 65.3 Å². The Balaban J connectivity index is 1.66. The molecule has 0 unspecified atom stereocenters. The third-order valence-corrected chi connectivity index (χ3v) is 6.45. The van der Waals surface area contributed by atoms with Crippen LogP contribution >= 0.6 is 0 Å². The van der Waals surface area contributed by atoms with Crippen LogP contribution in [0.15, 0.2) is 18.2 Å². The number of benzene rings is 1. The number of nitro groups is 1. The van der Waals surface area contributed by atoms with Gasteiger partial charge in [-0.05, 0) is 37.7 Å². The second-order valence-electron chi connectivity index (χ2n) is 9.21. The molecule has 0 bridgehead atoms. The molecule has 2 amide bonds. The third-order valence-electron chi connectivity index (χ3n) is 6.45. The van der Waals surface area contributed by atoms with Gasteiger partial charge in [0, 0.05) is 49.9 Å². The van der Waals surface area contributed by atoms with Crippen molar-refractivity contribution in [3.8, 4) is 0 Å². The van der Waals surface area contributed by atoms with Crippen LogP contribution in [0.5, 0.6) is 0 Å². The van der Waals surface area contributed by atoms with Crippen LogP contribution in [-0.2, 0) is 4.79 Å². The number of amides is 2. The largest absolute Gasteiger partial charge is 0.354 e. The fraction of sp³-hybridized carbons (Fsp3) is 0.652. The van der Waals surface area contributed by atoms with Crippen LogP contribution in [0.3, 0.4) is 0 Å². The molecule has 1 aromatic rings. The maximum Gasteiger partial charge on any atom is 0.273 e. The standard InChI is InChI=1S/C23H34N4O4/c1-16(2)15-24-22(28)21(18-6-4-5-7-18)25-10-12-26(13-11-25)23(29)19-9-8-17(3)20(14-19)27(30)31/h8-9,14,16,18,21H,4-7,10-13,15H2,1-3H3,(H,24,28)/t21-/m0/s1. The summed E-state index contributed by atoms with van der Waals surface area (Å²) in [5.74, 6) is 0.689. The molecule has 8 nitrogen and oxygen atoms in total. The summed E-state index contributed by atoms with van der Waals surface area (Å²) in [4.78, 5) is 40.7. The maximum absolute atomic E-state index is 13.0. The minimum atomic E-state index is -0.452. The van der Waals surface area contributed by atoms with Gasteiger partial charge in [-0.2, -0.15) is 0 Å². The quantitative estimate of drug-likeness (QED) is 0.530. The van der Waals surface area contributed by atoms with E-state index in [4.69, 9.17) is 0 Å². The van der Waals surface area contributed by atoms with Gasteiger partial charge in [-0.25, -0.2) is 0 Å².